The van der Waals surface area contributed by atoms with E-state index in [0.717, 1.165) is 19.3 Å². The third-order valence-electron chi connectivity index (χ3n) is 7.83. The summed E-state index contributed by atoms with van der Waals surface area (Å²) in [5.74, 6) is -0.232. The van der Waals surface area contributed by atoms with Crippen LogP contribution in [0.1, 0.15) is 129 Å². The van der Waals surface area contributed by atoms with Gasteiger partial charge in [0.1, 0.15) is 24.4 Å². The van der Waals surface area contributed by atoms with Crippen molar-refractivity contribution in [3.63, 3.8) is 0 Å². The number of aliphatic hydroxyl groups excluding tert-OH is 5. The number of rotatable bonds is 25. The number of carbonyl (C=O) groups is 1. The number of hydrogen-bond donors (Lipinski definition) is 6. The molecule has 0 aliphatic carbocycles. The Hall–Kier alpha value is -1.07. The van der Waals surface area contributed by atoms with E-state index < -0.39 is 49.5 Å². The summed E-state index contributed by atoms with van der Waals surface area (Å²) in [6.45, 7) is 3.39. The third kappa shape index (κ3) is 17.0. The lowest BCUT2D eigenvalue weighted by Crippen LogP contribution is -2.60. The van der Waals surface area contributed by atoms with Gasteiger partial charge in [-0.15, -0.1) is 0 Å². The van der Waals surface area contributed by atoms with E-state index in [2.05, 4.69) is 12.2 Å². The number of hydrogen-bond acceptors (Lipinski definition) is 8. The van der Waals surface area contributed by atoms with E-state index in [1.165, 1.54) is 83.5 Å². The van der Waals surface area contributed by atoms with E-state index in [1.54, 1.807) is 6.08 Å². The molecule has 0 aromatic carbocycles. The minimum atomic E-state index is -1.56. The molecular formula is C32H61NO8. The summed E-state index contributed by atoms with van der Waals surface area (Å²) in [5, 5.41) is 53.0. The Bertz CT molecular complexity index is 662. The fourth-order valence-corrected chi connectivity index (χ4v) is 5.14. The average molecular weight is 588 g/mol. The predicted octanol–water partition coefficient (Wildman–Crippen LogP) is 4.27. The molecule has 6 N–H and O–H groups in total. The van der Waals surface area contributed by atoms with Crippen molar-refractivity contribution in [1.82, 2.24) is 5.32 Å². The molecule has 9 nitrogen and oxygen atoms in total. The molecule has 1 fully saturated rings. The summed E-state index contributed by atoms with van der Waals surface area (Å²) in [7, 11) is 0. The lowest BCUT2D eigenvalue weighted by molar-refractivity contribution is -0.302. The standard InChI is InChI=1S/C32H61NO8/c1-3-5-6-7-8-9-10-11-12-13-14-15-16-17-18-19-20-22-26(35)25(33-28(36)21-4-2)24-40-32-31(39)30(38)29(37)27(23-34)41-32/h20,22,25-27,29-32,34-35,37-39H,3-19,21,23-24H2,1-2H3,(H,33,36)/b22-20+. The molecule has 0 radical (unpaired) electrons. The van der Waals surface area contributed by atoms with E-state index in [4.69, 9.17) is 9.47 Å². The van der Waals surface area contributed by atoms with Gasteiger partial charge in [-0.2, -0.15) is 0 Å². The van der Waals surface area contributed by atoms with E-state index in [9.17, 15) is 30.3 Å². The van der Waals surface area contributed by atoms with Crippen molar-refractivity contribution in [3.05, 3.63) is 12.2 Å². The van der Waals surface area contributed by atoms with Crippen LogP contribution in [0.5, 0.6) is 0 Å². The van der Waals surface area contributed by atoms with Crippen LogP contribution in [0.2, 0.25) is 0 Å². The van der Waals surface area contributed by atoms with Crippen LogP contribution in [0.15, 0.2) is 12.2 Å². The smallest absolute Gasteiger partial charge is 0.220 e. The Labute approximate surface area is 248 Å². The molecule has 0 aromatic heterocycles. The SMILES string of the molecule is CCCCCCCCCCCCCCCCC/C=C/C(O)C(COC1OC(CO)C(O)C(O)C1O)NC(=O)CCC. The molecule has 0 aromatic rings. The molecule has 1 aliphatic heterocycles. The topological polar surface area (TPSA) is 149 Å². The normalized spacial score (nSPS) is 24.5. The maximum atomic E-state index is 12.2. The van der Waals surface area contributed by atoms with Crippen molar-refractivity contribution < 1.29 is 39.8 Å². The number of unbranched alkanes of at least 4 members (excludes halogenated alkanes) is 15. The minimum absolute atomic E-state index is 0.192. The van der Waals surface area contributed by atoms with Gasteiger partial charge in [0, 0.05) is 6.42 Å². The molecule has 0 bridgehead atoms. The van der Waals surface area contributed by atoms with Crippen LogP contribution >= 0.6 is 0 Å². The van der Waals surface area contributed by atoms with Gasteiger partial charge in [0.15, 0.2) is 6.29 Å². The number of aliphatic hydroxyl groups is 5. The first-order chi connectivity index (χ1) is 19.8. The van der Waals surface area contributed by atoms with Crippen molar-refractivity contribution in [2.75, 3.05) is 13.2 Å². The maximum absolute atomic E-state index is 12.2. The van der Waals surface area contributed by atoms with Crippen molar-refractivity contribution in [2.45, 2.75) is 172 Å². The highest BCUT2D eigenvalue weighted by Gasteiger charge is 2.44. The molecule has 1 amide bonds. The van der Waals surface area contributed by atoms with E-state index in [0.29, 0.717) is 12.8 Å². The summed E-state index contributed by atoms with van der Waals surface area (Å²) in [6.07, 6.45) is 17.0. The second-order valence-corrected chi connectivity index (χ2v) is 11.6. The van der Waals surface area contributed by atoms with Crippen LogP contribution in [-0.2, 0) is 14.3 Å². The van der Waals surface area contributed by atoms with E-state index in [-0.39, 0.29) is 12.5 Å². The Morgan fingerprint density at radius 2 is 1.34 bits per heavy atom. The molecule has 1 heterocycles. The summed E-state index contributed by atoms with van der Waals surface area (Å²) in [4.78, 5) is 12.2. The Balaban J connectivity index is 2.27. The van der Waals surface area contributed by atoms with Crippen LogP contribution < -0.4 is 5.32 Å². The van der Waals surface area contributed by atoms with Gasteiger partial charge in [-0.3, -0.25) is 4.79 Å². The maximum Gasteiger partial charge on any atom is 0.220 e. The largest absolute Gasteiger partial charge is 0.394 e. The van der Waals surface area contributed by atoms with Gasteiger partial charge < -0.3 is 40.3 Å². The number of allylic oxidation sites excluding steroid dienone is 1. The van der Waals surface area contributed by atoms with Gasteiger partial charge in [0.05, 0.1) is 25.4 Å². The average Bonchev–Trinajstić information content (AvgIpc) is 2.96. The third-order valence-corrected chi connectivity index (χ3v) is 7.83. The van der Waals surface area contributed by atoms with Crippen molar-refractivity contribution in [2.24, 2.45) is 0 Å². The first-order valence-corrected chi connectivity index (χ1v) is 16.4. The fraction of sp³-hybridized carbons (Fsp3) is 0.906. The Morgan fingerprint density at radius 3 is 1.85 bits per heavy atom. The minimum Gasteiger partial charge on any atom is -0.394 e. The van der Waals surface area contributed by atoms with Crippen LogP contribution in [0, 0.1) is 0 Å². The lowest BCUT2D eigenvalue weighted by atomic mass is 9.99. The van der Waals surface area contributed by atoms with E-state index >= 15 is 0 Å². The second kappa shape index (κ2) is 24.4. The molecule has 1 saturated heterocycles. The summed E-state index contributed by atoms with van der Waals surface area (Å²) in [5.41, 5.74) is 0. The first kappa shape index (κ1) is 38.0. The van der Waals surface area contributed by atoms with E-state index in [1.807, 2.05) is 13.0 Å². The number of amides is 1. The first-order valence-electron chi connectivity index (χ1n) is 16.4. The molecule has 1 aliphatic rings. The molecule has 242 valence electrons. The lowest BCUT2D eigenvalue weighted by Gasteiger charge is -2.40. The molecule has 41 heavy (non-hydrogen) atoms. The van der Waals surface area contributed by atoms with Crippen LogP contribution in [0.4, 0.5) is 0 Å². The zero-order chi connectivity index (χ0) is 30.3. The van der Waals surface area contributed by atoms with Gasteiger partial charge >= 0.3 is 0 Å². The quantitative estimate of drug-likeness (QED) is 0.0685. The van der Waals surface area contributed by atoms with Gasteiger partial charge in [-0.05, 0) is 19.3 Å². The van der Waals surface area contributed by atoms with Crippen LogP contribution in [0.25, 0.3) is 0 Å². The highest BCUT2D eigenvalue weighted by Crippen LogP contribution is 2.22. The van der Waals surface area contributed by atoms with Crippen molar-refractivity contribution in [1.29, 1.82) is 0 Å². The zero-order valence-electron chi connectivity index (χ0n) is 25.8. The Kier molecular flexibility index (Phi) is 22.6. The van der Waals surface area contributed by atoms with Crippen LogP contribution in [0.3, 0.4) is 0 Å². The highest BCUT2D eigenvalue weighted by molar-refractivity contribution is 5.76. The van der Waals surface area contributed by atoms with Crippen LogP contribution in [-0.4, -0.2) is 87.5 Å². The number of ether oxygens (including phenoxy) is 2. The summed E-state index contributed by atoms with van der Waals surface area (Å²) < 4.78 is 10.9. The zero-order valence-corrected chi connectivity index (χ0v) is 25.8. The second-order valence-electron chi connectivity index (χ2n) is 11.6. The Morgan fingerprint density at radius 1 is 0.805 bits per heavy atom. The molecule has 1 rings (SSSR count). The van der Waals surface area contributed by atoms with Gasteiger partial charge in [0.25, 0.3) is 0 Å². The van der Waals surface area contributed by atoms with Crippen molar-refractivity contribution in [3.8, 4) is 0 Å². The van der Waals surface area contributed by atoms with Crippen molar-refractivity contribution >= 4 is 5.91 Å². The predicted molar refractivity (Wildman–Crippen MR) is 161 cm³/mol. The highest BCUT2D eigenvalue weighted by atomic mass is 16.7. The molecule has 0 spiro atoms. The van der Waals surface area contributed by atoms with Gasteiger partial charge in [0.2, 0.25) is 5.91 Å². The van der Waals surface area contributed by atoms with Gasteiger partial charge in [-0.25, -0.2) is 0 Å². The monoisotopic (exact) mass is 587 g/mol. The fourth-order valence-electron chi connectivity index (χ4n) is 5.14. The molecule has 0 saturated carbocycles. The van der Waals surface area contributed by atoms with Gasteiger partial charge in [-0.1, -0.05) is 116 Å². The molecule has 7 atom stereocenters. The summed E-state index contributed by atoms with van der Waals surface area (Å²) in [6, 6.07) is -0.793. The molecular weight excluding hydrogens is 526 g/mol. The number of carbonyl (C=O) groups excluding carboxylic acids is 1. The summed E-state index contributed by atoms with van der Waals surface area (Å²) >= 11 is 0. The molecule has 9 heteroatoms. The molecule has 7 unspecified atom stereocenters. The number of nitrogens with one attached hydrogen (secondary N) is 1.